The molecule has 3 aliphatic heterocycles. The fraction of sp³-hybridized carbons (Fsp3) is 0.812. The van der Waals surface area contributed by atoms with Crippen molar-refractivity contribution in [2.75, 3.05) is 20.4 Å². The highest BCUT2D eigenvalue weighted by atomic mass is 16.6. The van der Waals surface area contributed by atoms with E-state index in [2.05, 4.69) is 15.0 Å². The van der Waals surface area contributed by atoms with Crippen LogP contribution in [-0.2, 0) is 9.47 Å². The van der Waals surface area contributed by atoms with Crippen molar-refractivity contribution in [2.45, 2.75) is 55.9 Å². The number of nitrogens with zero attached hydrogens (tertiary/aromatic N) is 4. The number of hydrogen-bond donors (Lipinski definition) is 3. The van der Waals surface area contributed by atoms with Crippen LogP contribution in [0.25, 0.3) is 0 Å². The van der Waals surface area contributed by atoms with Crippen molar-refractivity contribution in [1.82, 2.24) is 4.90 Å². The first kappa shape index (κ1) is 17.0. The quantitative estimate of drug-likeness (QED) is 0.601. The van der Waals surface area contributed by atoms with Gasteiger partial charge in [0.2, 0.25) is 0 Å². The molecule has 4 rings (SSSR count). The zero-order valence-corrected chi connectivity index (χ0v) is 14.3. The molecular weight excluding hydrogens is 326 g/mol. The van der Waals surface area contributed by atoms with Gasteiger partial charge in [-0.1, -0.05) is 12.8 Å². The Morgan fingerprint density at radius 3 is 2.88 bits per heavy atom. The van der Waals surface area contributed by atoms with E-state index in [0.29, 0.717) is 18.2 Å². The average molecular weight is 351 g/mol. The van der Waals surface area contributed by atoms with Crippen molar-refractivity contribution < 1.29 is 19.7 Å². The normalized spacial score (nSPS) is 41.2. The third-order valence-electron chi connectivity index (χ3n) is 5.75. The Labute approximate surface area is 146 Å². The predicted molar refractivity (Wildman–Crippen MR) is 91.5 cm³/mol. The summed E-state index contributed by atoms with van der Waals surface area (Å²) in [4.78, 5) is 15.3. The molecule has 9 heteroatoms. The fourth-order valence-electron chi connectivity index (χ4n) is 4.34. The monoisotopic (exact) mass is 351 g/mol. The van der Waals surface area contributed by atoms with Crippen LogP contribution in [0.4, 0.5) is 0 Å². The SMILES string of the molecule is CO[C@@H]1[C@H](O)[C@@H](CO)O[C@H]1N1CN=C2C1=NC=NC2(N)C1CCCC1. The Hall–Kier alpha value is -1.39. The molecular formula is C16H25N5O4. The van der Waals surface area contributed by atoms with Crippen LogP contribution in [0.1, 0.15) is 25.7 Å². The van der Waals surface area contributed by atoms with Gasteiger partial charge in [0.1, 0.15) is 37.0 Å². The van der Waals surface area contributed by atoms with Gasteiger partial charge in [-0.2, -0.15) is 0 Å². The maximum Gasteiger partial charge on any atom is 0.162 e. The van der Waals surface area contributed by atoms with E-state index in [1.165, 1.54) is 13.4 Å². The molecule has 9 nitrogen and oxygen atoms in total. The summed E-state index contributed by atoms with van der Waals surface area (Å²) in [5.41, 5.74) is 6.49. The molecule has 4 aliphatic rings. The average Bonchev–Trinajstić information content (AvgIpc) is 3.33. The van der Waals surface area contributed by atoms with Crippen LogP contribution in [0, 0.1) is 5.92 Å². The highest BCUT2D eigenvalue weighted by Gasteiger charge is 2.53. The first-order chi connectivity index (χ1) is 12.1. The van der Waals surface area contributed by atoms with E-state index < -0.39 is 30.2 Å². The van der Waals surface area contributed by atoms with Gasteiger partial charge in [-0.3, -0.25) is 4.99 Å². The summed E-state index contributed by atoms with van der Waals surface area (Å²) in [7, 11) is 1.51. The lowest BCUT2D eigenvalue weighted by Gasteiger charge is -2.36. The summed E-state index contributed by atoms with van der Waals surface area (Å²) in [6.45, 7) is 0.0362. The van der Waals surface area contributed by atoms with Crippen molar-refractivity contribution in [1.29, 1.82) is 0 Å². The maximum absolute atomic E-state index is 10.3. The van der Waals surface area contributed by atoms with Gasteiger partial charge in [0.25, 0.3) is 0 Å². The van der Waals surface area contributed by atoms with Gasteiger partial charge in [0.15, 0.2) is 17.7 Å². The molecule has 3 heterocycles. The van der Waals surface area contributed by atoms with E-state index in [0.717, 1.165) is 25.7 Å². The summed E-state index contributed by atoms with van der Waals surface area (Å²) < 4.78 is 11.2. The molecule has 0 aromatic heterocycles. The van der Waals surface area contributed by atoms with E-state index in [-0.39, 0.29) is 12.5 Å². The Kier molecular flexibility index (Phi) is 4.37. The van der Waals surface area contributed by atoms with E-state index in [4.69, 9.17) is 15.2 Å². The van der Waals surface area contributed by atoms with E-state index in [9.17, 15) is 10.2 Å². The molecule has 2 fully saturated rings. The van der Waals surface area contributed by atoms with Crippen LogP contribution >= 0.6 is 0 Å². The molecule has 0 aromatic carbocycles. The lowest BCUT2D eigenvalue weighted by Crippen LogP contribution is -2.58. The van der Waals surface area contributed by atoms with Gasteiger partial charge in [-0.05, 0) is 12.8 Å². The minimum absolute atomic E-state index is 0.256. The number of ether oxygens (including phenoxy) is 2. The van der Waals surface area contributed by atoms with Gasteiger partial charge in [0.05, 0.1) is 6.61 Å². The second kappa shape index (κ2) is 6.40. The standard InChI is InChI=1S/C16H25N5O4/c1-24-12-11(23)10(6-22)25-15(12)21-8-19-13-14(21)18-7-20-16(13,17)9-4-2-3-5-9/h7,9-12,15,22-23H,2-6,8,17H2,1H3/t10-,11-,12-,15-,16?/m1/s1. The highest BCUT2D eigenvalue weighted by Crippen LogP contribution is 2.38. The number of hydrogen-bond acceptors (Lipinski definition) is 9. The van der Waals surface area contributed by atoms with Crippen LogP contribution in [0.15, 0.2) is 15.0 Å². The van der Waals surface area contributed by atoms with Gasteiger partial charge >= 0.3 is 0 Å². The Balaban J connectivity index is 1.59. The molecule has 0 amide bonds. The fourth-order valence-corrected chi connectivity index (χ4v) is 4.34. The number of rotatable bonds is 4. The molecule has 1 saturated carbocycles. The lowest BCUT2D eigenvalue weighted by molar-refractivity contribution is -0.0765. The number of amidine groups is 1. The first-order valence-electron chi connectivity index (χ1n) is 8.79. The number of methoxy groups -OCH3 is 1. The van der Waals surface area contributed by atoms with Crippen molar-refractivity contribution >= 4 is 17.9 Å². The molecule has 25 heavy (non-hydrogen) atoms. The van der Waals surface area contributed by atoms with Crippen molar-refractivity contribution in [2.24, 2.45) is 26.6 Å². The van der Waals surface area contributed by atoms with Crippen molar-refractivity contribution in [3.63, 3.8) is 0 Å². The second-order valence-corrected chi connectivity index (χ2v) is 7.06. The maximum atomic E-state index is 10.3. The van der Waals surface area contributed by atoms with Crippen LogP contribution < -0.4 is 5.73 Å². The first-order valence-corrected chi connectivity index (χ1v) is 8.79. The van der Waals surface area contributed by atoms with E-state index in [1.54, 1.807) is 0 Å². The number of nitrogens with two attached hydrogens (primary N) is 1. The summed E-state index contributed by atoms with van der Waals surface area (Å²) >= 11 is 0. The van der Waals surface area contributed by atoms with Crippen molar-refractivity contribution in [3.8, 4) is 0 Å². The number of aliphatic hydroxyl groups is 2. The summed E-state index contributed by atoms with van der Waals surface area (Å²) in [6.07, 6.45) is 3.08. The smallest absolute Gasteiger partial charge is 0.162 e. The third kappa shape index (κ3) is 2.53. The molecule has 5 atom stereocenters. The third-order valence-corrected chi connectivity index (χ3v) is 5.75. The molecule has 1 unspecified atom stereocenters. The summed E-state index contributed by atoms with van der Waals surface area (Å²) in [6, 6.07) is 0. The lowest BCUT2D eigenvalue weighted by atomic mass is 9.86. The Morgan fingerprint density at radius 2 is 2.20 bits per heavy atom. The van der Waals surface area contributed by atoms with Gasteiger partial charge in [-0.25, -0.2) is 9.98 Å². The predicted octanol–water partition coefficient (Wildman–Crippen LogP) is -0.921. The molecule has 0 aromatic rings. The van der Waals surface area contributed by atoms with Crippen LogP contribution in [0.2, 0.25) is 0 Å². The molecule has 0 bridgehead atoms. The topological polar surface area (TPSA) is 125 Å². The zero-order chi connectivity index (χ0) is 17.6. The van der Waals surface area contributed by atoms with Crippen LogP contribution in [0.3, 0.4) is 0 Å². The van der Waals surface area contributed by atoms with Crippen molar-refractivity contribution in [3.05, 3.63) is 0 Å². The molecule has 0 radical (unpaired) electrons. The number of fused-ring (bicyclic) bond motifs is 1. The Morgan fingerprint density at radius 1 is 1.44 bits per heavy atom. The summed E-state index contributed by atoms with van der Waals surface area (Å²) in [5, 5.41) is 19.7. The molecule has 138 valence electrons. The van der Waals surface area contributed by atoms with Gasteiger partial charge < -0.3 is 30.3 Å². The molecule has 1 aliphatic carbocycles. The number of aliphatic hydroxyl groups excluding tert-OH is 2. The minimum atomic E-state index is -0.917. The second-order valence-electron chi connectivity index (χ2n) is 7.06. The van der Waals surface area contributed by atoms with Gasteiger partial charge in [-0.15, -0.1) is 0 Å². The molecule has 4 N–H and O–H groups in total. The summed E-state index contributed by atoms with van der Waals surface area (Å²) in [5.74, 6) is 0.883. The molecule has 1 saturated heterocycles. The number of aliphatic imine (C=N–C) groups is 3. The zero-order valence-electron chi connectivity index (χ0n) is 14.3. The highest BCUT2D eigenvalue weighted by molar-refractivity contribution is 6.47. The van der Waals surface area contributed by atoms with Crippen LogP contribution in [-0.4, -0.2) is 83.6 Å². The van der Waals surface area contributed by atoms with Crippen LogP contribution in [0.5, 0.6) is 0 Å². The largest absolute Gasteiger partial charge is 0.394 e. The molecule has 0 spiro atoms. The minimum Gasteiger partial charge on any atom is -0.394 e. The van der Waals surface area contributed by atoms with E-state index in [1.807, 2.05) is 4.90 Å². The Bertz CT molecular complexity index is 618. The van der Waals surface area contributed by atoms with E-state index >= 15 is 0 Å². The van der Waals surface area contributed by atoms with Gasteiger partial charge in [0, 0.05) is 13.0 Å².